The van der Waals surface area contributed by atoms with Gasteiger partial charge in [-0.1, -0.05) is 36.4 Å². The zero-order chi connectivity index (χ0) is 21.2. The molecule has 0 spiro atoms. The molecule has 5 nitrogen and oxygen atoms in total. The summed E-state index contributed by atoms with van der Waals surface area (Å²) in [5.41, 5.74) is 0.233. The number of fused-ring (bicyclic) bond motifs is 1. The van der Waals surface area contributed by atoms with Crippen LogP contribution in [0.4, 0.5) is 18.9 Å². The van der Waals surface area contributed by atoms with Crippen molar-refractivity contribution >= 4 is 11.6 Å². The van der Waals surface area contributed by atoms with Gasteiger partial charge in [-0.2, -0.15) is 13.7 Å². The van der Waals surface area contributed by atoms with Crippen LogP contribution in [0.5, 0.6) is 0 Å². The topological polar surface area (TPSA) is 59.0 Å². The number of carbonyl (C=O) groups excluding carboxylic acids is 1. The summed E-state index contributed by atoms with van der Waals surface area (Å²) in [7, 11) is 0. The van der Waals surface area contributed by atoms with Crippen LogP contribution in [-0.4, -0.2) is 18.8 Å². The number of nitroso groups, excluding NO2 is 1. The quantitative estimate of drug-likeness (QED) is 0.566. The molecular formula is C21H21F3N2O3. The Kier molecular flexibility index (Phi) is 5.91. The Morgan fingerprint density at radius 2 is 2.03 bits per heavy atom. The van der Waals surface area contributed by atoms with Crippen LogP contribution in [0.2, 0.25) is 0 Å². The molecule has 1 aliphatic carbocycles. The molecular weight excluding hydrogens is 385 g/mol. The summed E-state index contributed by atoms with van der Waals surface area (Å²) in [4.78, 5) is 24.4. The predicted octanol–water partition coefficient (Wildman–Crippen LogP) is 5.44. The molecule has 0 N–H and O–H groups in total. The maximum atomic E-state index is 14.8. The molecule has 8 heteroatoms. The standard InChI is InChI=1S/C21H21F3N2O3/c1-3-18(22)29-15-7-4-6-14(10-11-15)12-26-17-9-5-8-16(13(2)25-28)19(17)21(23,24)20(26)27/h5-11,13,18H,3-4,12H2,1-2H3. The second kappa shape index (κ2) is 8.23. The van der Waals surface area contributed by atoms with E-state index in [0.29, 0.717) is 17.8 Å². The summed E-state index contributed by atoms with van der Waals surface area (Å²) in [6.45, 7) is 2.98. The van der Waals surface area contributed by atoms with Crippen molar-refractivity contribution in [1.82, 2.24) is 0 Å². The highest BCUT2D eigenvalue weighted by Crippen LogP contribution is 2.48. The number of amides is 1. The monoisotopic (exact) mass is 406 g/mol. The lowest BCUT2D eigenvalue weighted by Gasteiger charge is -2.18. The largest absolute Gasteiger partial charge is 0.461 e. The van der Waals surface area contributed by atoms with Gasteiger partial charge in [0.05, 0.1) is 17.8 Å². The van der Waals surface area contributed by atoms with Crippen LogP contribution >= 0.6 is 0 Å². The second-order valence-corrected chi connectivity index (χ2v) is 6.88. The fourth-order valence-electron chi connectivity index (χ4n) is 3.34. The van der Waals surface area contributed by atoms with Gasteiger partial charge in [-0.15, -0.1) is 0 Å². The fourth-order valence-corrected chi connectivity index (χ4v) is 3.34. The summed E-state index contributed by atoms with van der Waals surface area (Å²) in [6, 6.07) is 3.33. The molecule has 0 fully saturated rings. The van der Waals surface area contributed by atoms with E-state index in [1.807, 2.05) is 0 Å². The number of ether oxygens (including phenoxy) is 1. The van der Waals surface area contributed by atoms with E-state index >= 15 is 0 Å². The SMILES string of the molecule is CCC(F)OC1=CCC=C(CN2C(=O)C(F)(F)c3c(C(C)N=O)cccc32)C=C1. The molecule has 2 aliphatic rings. The number of alkyl halides is 3. The highest BCUT2D eigenvalue weighted by atomic mass is 19.3. The number of nitrogens with zero attached hydrogens (tertiary/aromatic N) is 2. The second-order valence-electron chi connectivity index (χ2n) is 6.88. The van der Waals surface area contributed by atoms with E-state index in [4.69, 9.17) is 4.74 Å². The van der Waals surface area contributed by atoms with Crippen molar-refractivity contribution in [2.75, 3.05) is 11.4 Å². The molecule has 0 saturated carbocycles. The van der Waals surface area contributed by atoms with Crippen molar-refractivity contribution in [2.24, 2.45) is 5.18 Å². The summed E-state index contributed by atoms with van der Waals surface area (Å²) in [5, 5.41) is 2.83. The van der Waals surface area contributed by atoms with E-state index in [9.17, 15) is 22.9 Å². The molecule has 0 aromatic heterocycles. The van der Waals surface area contributed by atoms with Crippen molar-refractivity contribution in [2.45, 2.75) is 45.0 Å². The molecule has 1 aromatic carbocycles. The van der Waals surface area contributed by atoms with Crippen LogP contribution < -0.4 is 4.90 Å². The summed E-state index contributed by atoms with van der Waals surface area (Å²) in [5.74, 6) is -4.75. The van der Waals surface area contributed by atoms with E-state index in [-0.39, 0.29) is 24.2 Å². The number of carbonyl (C=O) groups is 1. The lowest BCUT2D eigenvalue weighted by atomic mass is 9.97. The van der Waals surface area contributed by atoms with Crippen LogP contribution in [0.25, 0.3) is 0 Å². The van der Waals surface area contributed by atoms with Crippen molar-refractivity contribution in [3.63, 3.8) is 0 Å². The van der Waals surface area contributed by atoms with Crippen LogP contribution in [0.15, 0.2) is 59.0 Å². The maximum absolute atomic E-state index is 14.8. The normalized spacial score (nSPS) is 19.8. The van der Waals surface area contributed by atoms with E-state index in [1.165, 1.54) is 25.1 Å². The van der Waals surface area contributed by atoms with Gasteiger partial charge in [-0.05, 0) is 42.7 Å². The number of benzene rings is 1. The zero-order valence-corrected chi connectivity index (χ0v) is 16.1. The minimum Gasteiger partial charge on any atom is -0.461 e. The van der Waals surface area contributed by atoms with Crippen molar-refractivity contribution in [3.05, 3.63) is 69.9 Å². The highest BCUT2D eigenvalue weighted by Gasteiger charge is 2.54. The molecule has 1 aromatic rings. The molecule has 29 heavy (non-hydrogen) atoms. The third-order valence-electron chi connectivity index (χ3n) is 4.89. The molecule has 0 radical (unpaired) electrons. The van der Waals surface area contributed by atoms with E-state index in [0.717, 1.165) is 4.90 Å². The molecule has 3 rings (SSSR count). The Hall–Kier alpha value is -2.90. The van der Waals surface area contributed by atoms with E-state index in [2.05, 4.69) is 5.18 Å². The summed E-state index contributed by atoms with van der Waals surface area (Å²) < 4.78 is 48.1. The zero-order valence-electron chi connectivity index (χ0n) is 16.1. The van der Waals surface area contributed by atoms with E-state index < -0.39 is 29.8 Å². The minimum absolute atomic E-state index is 0.0367. The lowest BCUT2D eigenvalue weighted by molar-refractivity contribution is -0.141. The number of hydrogen-bond acceptors (Lipinski definition) is 4. The number of rotatable bonds is 7. The predicted molar refractivity (Wildman–Crippen MR) is 103 cm³/mol. The fraction of sp³-hybridized carbons (Fsp3) is 0.381. The molecule has 2 atom stereocenters. The first-order chi connectivity index (χ1) is 13.8. The first-order valence-corrected chi connectivity index (χ1v) is 9.33. The van der Waals surface area contributed by atoms with Gasteiger partial charge >= 0.3 is 11.8 Å². The molecule has 154 valence electrons. The number of halogens is 3. The minimum atomic E-state index is -3.74. The van der Waals surface area contributed by atoms with Crippen molar-refractivity contribution < 1.29 is 22.7 Å². The molecule has 2 unspecified atom stereocenters. The lowest BCUT2D eigenvalue weighted by Crippen LogP contribution is -2.35. The first kappa shape index (κ1) is 20.8. The van der Waals surface area contributed by atoms with Gasteiger partial charge in [0, 0.05) is 6.42 Å². The first-order valence-electron chi connectivity index (χ1n) is 9.33. The molecule has 1 heterocycles. The summed E-state index contributed by atoms with van der Waals surface area (Å²) in [6.07, 6.45) is 5.79. The van der Waals surface area contributed by atoms with Gasteiger partial charge in [0.2, 0.25) is 6.36 Å². The van der Waals surface area contributed by atoms with Gasteiger partial charge in [0.25, 0.3) is 0 Å². The molecule has 1 aliphatic heterocycles. The Morgan fingerprint density at radius 1 is 1.28 bits per heavy atom. The Labute approximate surface area is 166 Å². The Balaban J connectivity index is 1.87. The molecule has 1 amide bonds. The average molecular weight is 406 g/mol. The van der Waals surface area contributed by atoms with Gasteiger partial charge in [-0.3, -0.25) is 4.79 Å². The van der Waals surface area contributed by atoms with Crippen LogP contribution in [0.3, 0.4) is 0 Å². The van der Waals surface area contributed by atoms with Crippen molar-refractivity contribution in [3.8, 4) is 0 Å². The van der Waals surface area contributed by atoms with Crippen LogP contribution in [0, 0.1) is 4.91 Å². The number of allylic oxidation sites excluding steroid dienone is 3. The van der Waals surface area contributed by atoms with Gasteiger partial charge in [-0.25, -0.2) is 4.39 Å². The third kappa shape index (κ3) is 3.97. The van der Waals surface area contributed by atoms with Crippen LogP contribution in [0.1, 0.15) is 43.9 Å². The maximum Gasteiger partial charge on any atom is 0.352 e. The average Bonchev–Trinajstić information content (AvgIpc) is 2.86. The molecule has 0 saturated heterocycles. The van der Waals surface area contributed by atoms with Gasteiger partial charge in [0.1, 0.15) is 11.8 Å². The molecule has 0 bridgehead atoms. The summed E-state index contributed by atoms with van der Waals surface area (Å²) >= 11 is 0. The van der Waals surface area contributed by atoms with Gasteiger partial charge < -0.3 is 9.64 Å². The smallest absolute Gasteiger partial charge is 0.352 e. The number of hydrogen-bond donors (Lipinski definition) is 0. The van der Waals surface area contributed by atoms with Crippen molar-refractivity contribution in [1.29, 1.82) is 0 Å². The van der Waals surface area contributed by atoms with E-state index in [1.54, 1.807) is 31.2 Å². The van der Waals surface area contributed by atoms with Gasteiger partial charge in [0.15, 0.2) is 0 Å². The van der Waals surface area contributed by atoms with Crippen LogP contribution in [-0.2, 0) is 15.5 Å². The Morgan fingerprint density at radius 3 is 2.72 bits per heavy atom. The Bertz CT molecular complexity index is 908. The number of anilines is 1. The highest BCUT2D eigenvalue weighted by molar-refractivity contribution is 6.06. The third-order valence-corrected chi connectivity index (χ3v) is 4.89.